The topological polar surface area (TPSA) is 19.4 Å². The second-order valence-corrected chi connectivity index (χ2v) is 27.6. The van der Waals surface area contributed by atoms with Crippen LogP contribution < -0.4 is 20.2 Å². The Morgan fingerprint density at radius 1 is 0.350 bits per heavy atom. The first-order valence-electron chi connectivity index (χ1n) is 20.9. The quantitative estimate of drug-likeness (QED) is 0.0905. The van der Waals surface area contributed by atoms with Gasteiger partial charge in [-0.2, -0.15) is 0 Å². The van der Waals surface area contributed by atoms with Gasteiger partial charge in [0.15, 0.2) is 0 Å². The van der Waals surface area contributed by atoms with E-state index in [0.29, 0.717) is 0 Å². The van der Waals surface area contributed by atoms with E-state index in [1.54, 1.807) is 0 Å². The van der Waals surface area contributed by atoms with Crippen LogP contribution in [0.15, 0.2) is 200 Å². The van der Waals surface area contributed by atoms with Gasteiger partial charge in [0.2, 0.25) is 0 Å². The van der Waals surface area contributed by atoms with E-state index in [0.717, 1.165) is 50.8 Å². The molecule has 0 atom stereocenters. The predicted octanol–water partition coefficient (Wildman–Crippen LogP) is 14.6. The molecule has 0 aliphatic rings. The van der Waals surface area contributed by atoms with Crippen LogP contribution in [-0.2, 0) is 0 Å². The van der Waals surface area contributed by atoms with E-state index in [2.05, 4.69) is 255 Å². The van der Waals surface area contributed by atoms with Gasteiger partial charge in [0, 0.05) is 34.0 Å². The molecule has 296 valence electrons. The SMILES string of the molecule is C[Si](C)(C)c1cccc(N(c2ccccc2)c2ccc(-c3ccc(/C=C/c4ccc(-c5ccc(N(c6ccccc6)c6cccc([Si](C)(C)C)c6)cn5)cc4)cc3)cc2)c1. The molecular weight excluding hydrogens is 759 g/mol. The van der Waals surface area contributed by atoms with Gasteiger partial charge in [-0.3, -0.25) is 4.98 Å². The number of pyridine rings is 1. The largest absolute Gasteiger partial charge is 0.311 e. The maximum atomic E-state index is 4.95. The highest BCUT2D eigenvalue weighted by atomic mass is 28.3. The normalized spacial score (nSPS) is 11.8. The van der Waals surface area contributed by atoms with Crippen LogP contribution in [0.2, 0.25) is 39.3 Å². The third-order valence-electron chi connectivity index (χ3n) is 11.0. The van der Waals surface area contributed by atoms with Gasteiger partial charge in [-0.1, -0.05) is 183 Å². The van der Waals surface area contributed by atoms with Crippen LogP contribution in [-0.4, -0.2) is 21.1 Å². The molecule has 7 aromatic carbocycles. The Morgan fingerprint density at radius 3 is 1.17 bits per heavy atom. The van der Waals surface area contributed by atoms with Crippen molar-refractivity contribution < 1.29 is 0 Å². The number of hydrogen-bond acceptors (Lipinski definition) is 3. The summed E-state index contributed by atoms with van der Waals surface area (Å²) in [5.41, 5.74) is 13.5. The minimum Gasteiger partial charge on any atom is -0.311 e. The maximum absolute atomic E-state index is 4.95. The summed E-state index contributed by atoms with van der Waals surface area (Å²) in [6.45, 7) is 14.4. The number of anilines is 6. The van der Waals surface area contributed by atoms with Crippen molar-refractivity contribution in [3.05, 3.63) is 211 Å². The van der Waals surface area contributed by atoms with E-state index in [4.69, 9.17) is 4.98 Å². The van der Waals surface area contributed by atoms with E-state index in [1.807, 2.05) is 6.20 Å². The van der Waals surface area contributed by atoms with Crippen molar-refractivity contribution in [2.75, 3.05) is 9.80 Å². The van der Waals surface area contributed by atoms with E-state index in [1.165, 1.54) is 27.2 Å². The Balaban J connectivity index is 0.952. The average molecular weight is 812 g/mol. The lowest BCUT2D eigenvalue weighted by Gasteiger charge is -2.27. The van der Waals surface area contributed by atoms with Gasteiger partial charge in [-0.05, 0) is 95.1 Å². The van der Waals surface area contributed by atoms with Crippen LogP contribution in [0.1, 0.15) is 11.1 Å². The summed E-state index contributed by atoms with van der Waals surface area (Å²) in [4.78, 5) is 9.60. The van der Waals surface area contributed by atoms with Crippen molar-refractivity contribution in [1.29, 1.82) is 0 Å². The Bertz CT molecular complexity index is 2490. The van der Waals surface area contributed by atoms with Crippen molar-refractivity contribution in [3.63, 3.8) is 0 Å². The molecule has 0 fully saturated rings. The minimum atomic E-state index is -1.49. The lowest BCUT2D eigenvalue weighted by atomic mass is 10.0. The Labute approximate surface area is 359 Å². The predicted molar refractivity (Wildman–Crippen MR) is 266 cm³/mol. The molecule has 0 unspecified atom stereocenters. The van der Waals surface area contributed by atoms with Crippen LogP contribution in [0, 0.1) is 0 Å². The van der Waals surface area contributed by atoms with Gasteiger partial charge in [-0.25, -0.2) is 0 Å². The first kappa shape index (κ1) is 40.3. The summed E-state index contributed by atoms with van der Waals surface area (Å²) < 4.78 is 0. The number of aromatic nitrogens is 1. The molecule has 5 heteroatoms. The molecule has 0 saturated carbocycles. The Kier molecular flexibility index (Phi) is 11.6. The van der Waals surface area contributed by atoms with E-state index in [-0.39, 0.29) is 0 Å². The standard InChI is InChI=1S/C55H53N3Si2/c1-59(2,3)53-21-13-19-50(39-53)57(47-15-9-7-10-16-47)49-35-33-45(34-36-49)44-29-25-42(26-30-44)23-24-43-27-31-46(32-28-43)55-38-37-52(41-56-55)58(48-17-11-8-12-18-48)51-20-14-22-54(40-51)60(4,5)6/h7-41H,1-6H3/b24-23+. The summed E-state index contributed by atoms with van der Waals surface area (Å²) in [7, 11) is -2.96. The molecule has 0 radical (unpaired) electrons. The van der Waals surface area contributed by atoms with Gasteiger partial charge in [0.1, 0.15) is 0 Å². The average Bonchev–Trinajstić information content (AvgIpc) is 3.27. The zero-order chi connectivity index (χ0) is 41.7. The van der Waals surface area contributed by atoms with E-state index < -0.39 is 16.1 Å². The molecule has 0 saturated heterocycles. The van der Waals surface area contributed by atoms with Gasteiger partial charge in [-0.15, -0.1) is 0 Å². The van der Waals surface area contributed by atoms with Gasteiger partial charge >= 0.3 is 0 Å². The Morgan fingerprint density at radius 2 is 0.733 bits per heavy atom. The third-order valence-corrected chi connectivity index (χ3v) is 15.1. The fourth-order valence-electron chi connectivity index (χ4n) is 7.51. The van der Waals surface area contributed by atoms with Crippen molar-refractivity contribution in [3.8, 4) is 22.4 Å². The van der Waals surface area contributed by atoms with Gasteiger partial charge in [0.05, 0.1) is 33.7 Å². The zero-order valence-electron chi connectivity index (χ0n) is 35.5. The van der Waals surface area contributed by atoms with Crippen molar-refractivity contribution in [1.82, 2.24) is 4.98 Å². The monoisotopic (exact) mass is 811 g/mol. The lowest BCUT2D eigenvalue weighted by molar-refractivity contribution is 1.23. The molecule has 60 heavy (non-hydrogen) atoms. The fourth-order valence-corrected chi connectivity index (χ4v) is 9.86. The van der Waals surface area contributed by atoms with E-state index >= 15 is 0 Å². The number of benzene rings is 7. The van der Waals surface area contributed by atoms with Crippen LogP contribution in [0.5, 0.6) is 0 Å². The molecule has 0 bridgehead atoms. The second kappa shape index (κ2) is 17.4. The third kappa shape index (κ3) is 9.34. The number of rotatable bonds is 12. The zero-order valence-corrected chi connectivity index (χ0v) is 37.5. The molecule has 0 aliphatic carbocycles. The van der Waals surface area contributed by atoms with Crippen molar-refractivity contribution in [2.45, 2.75) is 39.3 Å². The van der Waals surface area contributed by atoms with Crippen LogP contribution in [0.25, 0.3) is 34.5 Å². The highest BCUT2D eigenvalue weighted by Crippen LogP contribution is 2.37. The minimum absolute atomic E-state index is 0.950. The number of hydrogen-bond donors (Lipinski definition) is 0. The molecular formula is C55H53N3Si2. The molecule has 0 N–H and O–H groups in total. The highest BCUT2D eigenvalue weighted by Gasteiger charge is 2.21. The second-order valence-electron chi connectivity index (χ2n) is 17.5. The summed E-state index contributed by atoms with van der Waals surface area (Å²) in [5, 5.41) is 2.89. The van der Waals surface area contributed by atoms with Crippen molar-refractivity contribution >= 4 is 72.8 Å². The molecule has 8 aromatic rings. The first-order valence-corrected chi connectivity index (χ1v) is 27.9. The molecule has 8 rings (SSSR count). The fraction of sp³-hybridized carbons (Fsp3) is 0.109. The number of para-hydroxylation sites is 2. The Hall–Kier alpha value is -6.54. The highest BCUT2D eigenvalue weighted by molar-refractivity contribution is 6.89. The van der Waals surface area contributed by atoms with Crippen LogP contribution >= 0.6 is 0 Å². The molecule has 0 aliphatic heterocycles. The lowest BCUT2D eigenvalue weighted by Crippen LogP contribution is -2.37. The van der Waals surface area contributed by atoms with Gasteiger partial charge < -0.3 is 9.80 Å². The first-order chi connectivity index (χ1) is 29.0. The van der Waals surface area contributed by atoms with Gasteiger partial charge in [0.25, 0.3) is 0 Å². The summed E-state index contributed by atoms with van der Waals surface area (Å²) in [6, 6.07) is 69.9. The van der Waals surface area contributed by atoms with Crippen LogP contribution in [0.3, 0.4) is 0 Å². The summed E-state index contributed by atoms with van der Waals surface area (Å²) in [6.07, 6.45) is 6.34. The molecule has 0 spiro atoms. The maximum Gasteiger partial charge on any atom is 0.0776 e. The molecule has 3 nitrogen and oxygen atoms in total. The number of nitrogens with zero attached hydrogens (tertiary/aromatic N) is 3. The van der Waals surface area contributed by atoms with E-state index in [9.17, 15) is 0 Å². The molecule has 0 amide bonds. The summed E-state index contributed by atoms with van der Waals surface area (Å²) in [5.74, 6) is 0. The molecule has 1 aromatic heterocycles. The molecule has 1 heterocycles. The van der Waals surface area contributed by atoms with Crippen LogP contribution in [0.4, 0.5) is 34.1 Å². The smallest absolute Gasteiger partial charge is 0.0776 e. The van der Waals surface area contributed by atoms with Crippen molar-refractivity contribution in [2.24, 2.45) is 0 Å². The summed E-state index contributed by atoms with van der Waals surface area (Å²) >= 11 is 0.